The maximum absolute atomic E-state index is 9.96. The van der Waals surface area contributed by atoms with Gasteiger partial charge in [-0.1, -0.05) is 261 Å². The Bertz CT molecular complexity index is 7890. The summed E-state index contributed by atoms with van der Waals surface area (Å²) < 4.78 is 52.4. The number of aromatic nitrogens is 5. The molecule has 0 saturated carbocycles. The van der Waals surface area contributed by atoms with Crippen LogP contribution in [0.25, 0.3) is 198 Å². The molecule has 619 valence electrons. The minimum absolute atomic E-state index is 0. The average molecular weight is 2070 g/mol. The van der Waals surface area contributed by atoms with Crippen molar-refractivity contribution in [1.29, 1.82) is 0 Å². The number of nitrogens with zero attached hydrogens (tertiary/aromatic N) is 6. The van der Waals surface area contributed by atoms with Gasteiger partial charge in [0, 0.05) is 137 Å². The predicted molar refractivity (Wildman–Crippen MR) is 560 cm³/mol. The second kappa shape index (κ2) is 36.7. The summed E-state index contributed by atoms with van der Waals surface area (Å²) in [6.07, 6.45) is 2.91. The van der Waals surface area contributed by atoms with Crippen molar-refractivity contribution in [3.05, 3.63) is 420 Å². The zero-order valence-corrected chi connectivity index (χ0v) is 77.8. The van der Waals surface area contributed by atoms with Crippen LogP contribution in [0.2, 0.25) is 0 Å². The van der Waals surface area contributed by atoms with Crippen molar-refractivity contribution in [2.24, 2.45) is 4.30 Å². The predicted octanol–water partition coefficient (Wildman–Crippen LogP) is 35.1. The Morgan fingerprint density at radius 3 is 0.844 bits per heavy atom. The molecular weight excluding hydrogens is 1990 g/mol. The molecule has 1 radical (unpaired) electrons. The van der Waals surface area contributed by atoms with Crippen LogP contribution >= 0.6 is 108 Å². The second-order valence-electron chi connectivity index (χ2n) is 30.6. The third kappa shape index (κ3) is 16.0. The molecule has 0 aliphatic heterocycles. The summed E-state index contributed by atoms with van der Waals surface area (Å²) in [6.45, 7) is 0. The van der Waals surface area contributed by atoms with Gasteiger partial charge < -0.3 is 31.5 Å². The van der Waals surface area contributed by atoms with Gasteiger partial charge in [0.25, 0.3) is 0 Å². The SMILES string of the molecule is Brc1ccc2c(c1)c1cc(Br)ccc1n2-c1ccc2oc3ccc(-n4c5ccc(Br)cc5c5cc(Br)ccc54)cc3c2c1.Brc1ccc2oc3ccc(Br)cc3c2c1.C.[2H]CF.[B]=NS.c1ccc(-c2ccccn2)cc1.c1ccc2c(c1)Cc1ccccc1-2.c1ccc2c(c1)c1ccccc1n2-c1ccc2oc3ccc(-n4c5ccccc5c5ccccc54)cc3c2c1. The molecule has 0 N–H and O–H groups in total. The van der Waals surface area contributed by atoms with Gasteiger partial charge in [0.05, 0.1) is 58.4 Å². The molecule has 1 aliphatic carbocycles. The number of pyridine rings is 1. The van der Waals surface area contributed by atoms with E-state index in [1.54, 1.807) is 0 Å². The van der Waals surface area contributed by atoms with Crippen LogP contribution in [0.5, 0.6) is 0 Å². The summed E-state index contributed by atoms with van der Waals surface area (Å²) >= 11 is 24.8. The van der Waals surface area contributed by atoms with Crippen LogP contribution in [-0.4, -0.2) is 38.0 Å². The Kier molecular flexibility index (Phi) is 24.0. The molecule has 0 fully saturated rings. The van der Waals surface area contributed by atoms with Crippen LogP contribution in [0.15, 0.2) is 427 Å². The first-order chi connectivity index (χ1) is 62.8. The van der Waals surface area contributed by atoms with Crippen LogP contribution in [-0.2, 0) is 6.42 Å². The van der Waals surface area contributed by atoms with Crippen molar-refractivity contribution in [1.82, 2.24) is 23.3 Å². The van der Waals surface area contributed by atoms with Crippen LogP contribution in [0, 0.1) is 0 Å². The maximum atomic E-state index is 9.96. The first-order valence-electron chi connectivity index (χ1n) is 41.5. The van der Waals surface area contributed by atoms with Gasteiger partial charge in [-0.3, -0.25) is 9.37 Å². The molecule has 128 heavy (non-hydrogen) atoms. The molecule has 0 atom stereocenters. The van der Waals surface area contributed by atoms with E-state index in [-0.39, 0.29) is 7.43 Å². The fourth-order valence-electron chi connectivity index (χ4n) is 17.9. The molecular formula is C110H73BBr6FN6O3S. The summed E-state index contributed by atoms with van der Waals surface area (Å²) in [4.78, 5) is 4.25. The fraction of sp³-hybridized carbons (Fsp3) is 0.0273. The van der Waals surface area contributed by atoms with E-state index in [1.807, 2.05) is 66.9 Å². The summed E-state index contributed by atoms with van der Waals surface area (Å²) in [5.41, 5.74) is 27.2. The number of thiol groups is 1. The molecule has 26 rings (SSSR count). The smallest absolute Gasteiger partial charge is 0.135 e. The normalized spacial score (nSPS) is 11.5. The van der Waals surface area contributed by atoms with Gasteiger partial charge in [-0.15, -0.1) is 0 Å². The Balaban J connectivity index is 0.000000113. The topological polar surface area (TPSA) is 84.4 Å². The number of hydrogen-bond donors (Lipinski definition) is 1. The molecule has 1 aliphatic rings. The zero-order chi connectivity index (χ0) is 87.2. The van der Waals surface area contributed by atoms with E-state index >= 15 is 0 Å². The van der Waals surface area contributed by atoms with E-state index in [2.05, 4.69) is 459 Å². The summed E-state index contributed by atoms with van der Waals surface area (Å²) in [5, 5.41) is 16.6. The van der Waals surface area contributed by atoms with Gasteiger partial charge >= 0.3 is 24.8 Å². The Labute approximate surface area is 794 Å². The number of hydrogen-bond acceptors (Lipinski definition) is 6. The van der Waals surface area contributed by atoms with Crippen molar-refractivity contribution in [3.63, 3.8) is 0 Å². The molecule has 0 unspecified atom stereocenters. The average Bonchev–Trinajstić information content (AvgIpc) is 1.58. The van der Waals surface area contributed by atoms with Crippen molar-refractivity contribution in [3.8, 4) is 45.1 Å². The van der Waals surface area contributed by atoms with E-state index in [0.29, 0.717) is 0 Å². The molecule has 0 amide bonds. The number of para-hydroxylation sites is 4. The third-order valence-electron chi connectivity index (χ3n) is 23.3. The molecule has 9 nitrogen and oxygen atoms in total. The zero-order valence-electron chi connectivity index (χ0n) is 68.4. The fourth-order valence-corrected chi connectivity index (χ4v) is 20.1. The van der Waals surface area contributed by atoms with Gasteiger partial charge in [-0.25, -0.2) is 0 Å². The van der Waals surface area contributed by atoms with Crippen molar-refractivity contribution >= 4 is 269 Å². The van der Waals surface area contributed by atoms with Crippen molar-refractivity contribution < 1.29 is 19.0 Å². The Morgan fingerprint density at radius 1 is 0.297 bits per heavy atom. The molecule has 18 heteroatoms. The van der Waals surface area contributed by atoms with Crippen LogP contribution in [0.1, 0.15) is 19.9 Å². The van der Waals surface area contributed by atoms with Crippen LogP contribution < -0.4 is 0 Å². The van der Waals surface area contributed by atoms with Gasteiger partial charge in [0.1, 0.15) is 33.5 Å². The summed E-state index contributed by atoms with van der Waals surface area (Å²) in [5.74, 6) is 0. The molecule has 25 aromatic rings. The first kappa shape index (κ1) is 83.7. The molecule has 8 heterocycles. The molecule has 0 saturated heterocycles. The number of rotatable bonds is 5. The number of alkyl halides is 1. The largest absolute Gasteiger partial charge is 0.456 e. The van der Waals surface area contributed by atoms with Gasteiger partial charge in [-0.2, -0.15) is 0 Å². The van der Waals surface area contributed by atoms with Crippen LogP contribution in [0.4, 0.5) is 4.39 Å². The molecule has 8 aromatic heterocycles. The Morgan fingerprint density at radius 2 is 0.539 bits per heavy atom. The van der Waals surface area contributed by atoms with E-state index < -0.39 is 7.15 Å². The van der Waals surface area contributed by atoms with Crippen LogP contribution in [0.3, 0.4) is 0 Å². The number of halogens is 7. The number of furan rings is 3. The minimum atomic E-state index is -1.00. The van der Waals surface area contributed by atoms with Gasteiger partial charge in [0.15, 0.2) is 0 Å². The molecule has 17 aromatic carbocycles. The van der Waals surface area contributed by atoms with Crippen molar-refractivity contribution in [2.45, 2.75) is 13.8 Å². The van der Waals surface area contributed by atoms with E-state index in [9.17, 15) is 4.39 Å². The quantitative estimate of drug-likeness (QED) is 0.137. The standard InChI is InChI=1S/C36H18Br4N2O.C36H22N2O.C13H10.C12H6Br2O.C11H9N.CH3F.CH4.BHNS/c37-19-1-7-31-25(13-19)26-14-20(38)2-8-32(26)41(31)23-5-11-35-29(17-23)30-18-24(6-12-36(30)43-35)42-33-9-3-21(39)15-27(33)28-16-22(40)4-10-34(28)42;1-5-13-31-25(9-1)26-10-2-6-14-32(26)37(31)23-17-19-35-29(21-23)30-22-24(18-20-36(30)39-35)38-33-15-7-3-11-27(33)28-12-4-8-16-34(28)38;1-3-7-12-10(5-1)9-11-6-2-4-8-13(11)12;13-7-1-3-11-9(5-7)10-6-8(14)2-4-12(10)15-11;1-2-6-10(7-3-1)11-8-4-5-9-12-11;1-2;;1-2-3/h1-18H;1-22H;1-8H,9H2;1-6H;1-9H;1H3;1H4;3H/i;;;;;1D;;. The number of fused-ring (bicyclic) bond motifs is 24. The Hall–Kier alpha value is -12.5. The summed E-state index contributed by atoms with van der Waals surface area (Å²) in [7, 11) is 3.34. The van der Waals surface area contributed by atoms with E-state index in [0.717, 1.165) is 155 Å². The minimum Gasteiger partial charge on any atom is -0.456 e. The van der Waals surface area contributed by atoms with Gasteiger partial charge in [-0.05, 0) is 247 Å². The van der Waals surface area contributed by atoms with Gasteiger partial charge in [0.2, 0.25) is 0 Å². The summed E-state index contributed by atoms with van der Waals surface area (Å²) in [6, 6.07) is 132. The number of benzene rings is 17. The monoisotopic (exact) mass is 2060 g/mol. The maximum Gasteiger partial charge on any atom is 0.135 e. The first-order valence-corrected chi connectivity index (χ1v) is 45.9. The second-order valence-corrected chi connectivity index (χ2v) is 36.3. The third-order valence-corrected chi connectivity index (χ3v) is 26.2. The van der Waals surface area contributed by atoms with E-state index in [1.165, 1.54) is 87.4 Å². The molecule has 0 bridgehead atoms. The van der Waals surface area contributed by atoms with Crippen molar-refractivity contribution in [2.75, 3.05) is 7.15 Å². The molecule has 0 spiro atoms. The van der Waals surface area contributed by atoms with E-state index in [4.69, 9.17) is 14.6 Å².